The van der Waals surface area contributed by atoms with Crippen LogP contribution in [0.3, 0.4) is 0 Å². The van der Waals surface area contributed by atoms with Crippen molar-refractivity contribution in [3.05, 3.63) is 0 Å². The fraction of sp³-hybridized carbons (Fsp3) is 0.900. The lowest BCUT2D eigenvalue weighted by atomic mass is 10.0. The minimum atomic E-state index is 0. The van der Waals surface area contributed by atoms with E-state index >= 15 is 0 Å². The van der Waals surface area contributed by atoms with Crippen molar-refractivity contribution >= 4 is 35.8 Å². The highest BCUT2D eigenvalue weighted by Crippen LogP contribution is 2.27. The molecule has 7 heteroatoms. The van der Waals surface area contributed by atoms with Gasteiger partial charge in [-0.3, -0.25) is 9.79 Å². The first kappa shape index (κ1) is 24.5. The first-order valence-corrected chi connectivity index (χ1v) is 10.6. The van der Waals surface area contributed by atoms with E-state index < -0.39 is 0 Å². The Labute approximate surface area is 182 Å². The summed E-state index contributed by atoms with van der Waals surface area (Å²) in [6.07, 6.45) is 13.8. The molecule has 0 radical (unpaired) electrons. The zero-order valence-corrected chi connectivity index (χ0v) is 19.3. The predicted molar refractivity (Wildman–Crippen MR) is 122 cm³/mol. The van der Waals surface area contributed by atoms with Crippen LogP contribution in [0.2, 0.25) is 0 Å². The fourth-order valence-corrected chi connectivity index (χ4v) is 3.96. The third-order valence-corrected chi connectivity index (χ3v) is 5.46. The van der Waals surface area contributed by atoms with Crippen LogP contribution in [0.15, 0.2) is 4.99 Å². The van der Waals surface area contributed by atoms with Gasteiger partial charge in [-0.15, -0.1) is 24.0 Å². The quantitative estimate of drug-likeness (QED) is 0.151. The lowest BCUT2D eigenvalue weighted by molar-refractivity contribution is -0.121. The molecule has 3 N–H and O–H groups in total. The van der Waals surface area contributed by atoms with Gasteiger partial charge in [0, 0.05) is 33.1 Å². The van der Waals surface area contributed by atoms with Gasteiger partial charge in [0.1, 0.15) is 0 Å². The highest BCUT2D eigenvalue weighted by Gasteiger charge is 2.18. The van der Waals surface area contributed by atoms with Crippen LogP contribution in [0.1, 0.15) is 70.6 Å². The van der Waals surface area contributed by atoms with E-state index in [1.165, 1.54) is 64.2 Å². The van der Waals surface area contributed by atoms with Gasteiger partial charge in [-0.2, -0.15) is 0 Å². The molecule has 0 unspecified atom stereocenters. The van der Waals surface area contributed by atoms with Crippen LogP contribution in [-0.4, -0.2) is 51.3 Å². The van der Waals surface area contributed by atoms with Gasteiger partial charge in [-0.1, -0.05) is 38.5 Å². The second-order valence-corrected chi connectivity index (χ2v) is 7.61. The highest BCUT2D eigenvalue weighted by atomic mass is 127. The zero-order chi connectivity index (χ0) is 18.5. The molecular weight excluding hydrogens is 455 g/mol. The predicted octanol–water partition coefficient (Wildman–Crippen LogP) is 3.21. The molecule has 2 aliphatic rings. The van der Waals surface area contributed by atoms with E-state index in [9.17, 15) is 4.79 Å². The summed E-state index contributed by atoms with van der Waals surface area (Å²) < 4.78 is 5.98. The number of halogens is 1. The van der Waals surface area contributed by atoms with E-state index in [0.29, 0.717) is 38.1 Å². The number of carbonyl (C=O) groups is 1. The Morgan fingerprint density at radius 3 is 2.15 bits per heavy atom. The molecule has 2 saturated carbocycles. The maximum Gasteiger partial charge on any atom is 0.220 e. The first-order valence-electron chi connectivity index (χ1n) is 10.6. The summed E-state index contributed by atoms with van der Waals surface area (Å²) >= 11 is 0. The summed E-state index contributed by atoms with van der Waals surface area (Å²) in [7, 11) is 1.76. The minimum Gasteiger partial charge on any atom is -0.376 e. The number of nitrogens with zero attached hydrogens (tertiary/aromatic N) is 1. The van der Waals surface area contributed by atoms with Crippen LogP contribution in [0, 0.1) is 5.92 Å². The number of rotatable bonds is 9. The van der Waals surface area contributed by atoms with Gasteiger partial charge in [0.15, 0.2) is 5.96 Å². The molecule has 2 aliphatic carbocycles. The number of guanidine groups is 1. The van der Waals surface area contributed by atoms with Crippen LogP contribution >= 0.6 is 24.0 Å². The van der Waals surface area contributed by atoms with Crippen molar-refractivity contribution in [2.45, 2.75) is 76.7 Å². The average Bonchev–Trinajstić information content (AvgIpc) is 3.01. The second kappa shape index (κ2) is 15.4. The van der Waals surface area contributed by atoms with Gasteiger partial charge in [-0.05, 0) is 31.6 Å². The Morgan fingerprint density at radius 2 is 1.48 bits per heavy atom. The van der Waals surface area contributed by atoms with Gasteiger partial charge < -0.3 is 20.7 Å². The van der Waals surface area contributed by atoms with Gasteiger partial charge in [0.05, 0.1) is 12.7 Å². The second-order valence-electron chi connectivity index (χ2n) is 7.61. The Kier molecular flexibility index (Phi) is 13.9. The molecule has 0 aromatic carbocycles. The van der Waals surface area contributed by atoms with Crippen LogP contribution in [0.5, 0.6) is 0 Å². The van der Waals surface area contributed by atoms with E-state index in [1.807, 2.05) is 0 Å². The molecule has 1 amide bonds. The van der Waals surface area contributed by atoms with Gasteiger partial charge in [-0.25, -0.2) is 0 Å². The number of carbonyl (C=O) groups excluding carboxylic acids is 1. The van der Waals surface area contributed by atoms with Crippen LogP contribution in [-0.2, 0) is 9.53 Å². The molecule has 2 fully saturated rings. The van der Waals surface area contributed by atoms with Crippen molar-refractivity contribution in [3.63, 3.8) is 0 Å². The maximum absolute atomic E-state index is 11.9. The summed E-state index contributed by atoms with van der Waals surface area (Å²) in [6, 6.07) is 0. The molecular formula is C20H39IN4O2. The molecule has 0 aromatic heterocycles. The lowest BCUT2D eigenvalue weighted by Gasteiger charge is -2.17. The van der Waals surface area contributed by atoms with E-state index in [1.54, 1.807) is 7.05 Å². The highest BCUT2D eigenvalue weighted by molar-refractivity contribution is 14.0. The summed E-state index contributed by atoms with van der Waals surface area (Å²) in [5.41, 5.74) is 0. The van der Waals surface area contributed by atoms with Crippen molar-refractivity contribution < 1.29 is 9.53 Å². The van der Waals surface area contributed by atoms with Crippen LogP contribution in [0.4, 0.5) is 0 Å². The third-order valence-electron chi connectivity index (χ3n) is 5.46. The number of amides is 1. The van der Waals surface area contributed by atoms with Gasteiger partial charge >= 0.3 is 0 Å². The van der Waals surface area contributed by atoms with Crippen molar-refractivity contribution in [1.82, 2.24) is 16.0 Å². The number of hydrogen-bond donors (Lipinski definition) is 3. The van der Waals surface area contributed by atoms with Crippen molar-refractivity contribution in [2.24, 2.45) is 10.9 Å². The van der Waals surface area contributed by atoms with Gasteiger partial charge in [0.25, 0.3) is 0 Å². The number of ether oxygens (including phenoxy) is 1. The monoisotopic (exact) mass is 494 g/mol. The number of hydrogen-bond acceptors (Lipinski definition) is 3. The maximum atomic E-state index is 11.9. The average molecular weight is 494 g/mol. The molecule has 27 heavy (non-hydrogen) atoms. The van der Waals surface area contributed by atoms with E-state index in [4.69, 9.17) is 4.74 Å². The van der Waals surface area contributed by atoms with Crippen molar-refractivity contribution in [1.29, 1.82) is 0 Å². The Bertz CT molecular complexity index is 420. The molecule has 0 saturated heterocycles. The normalized spacial score (nSPS) is 19.2. The van der Waals surface area contributed by atoms with E-state index in [2.05, 4.69) is 20.9 Å². The number of aliphatic imine (C=N–C) groups is 1. The molecule has 0 bridgehead atoms. The summed E-state index contributed by atoms with van der Waals surface area (Å²) in [6.45, 7) is 2.78. The Morgan fingerprint density at radius 1 is 0.889 bits per heavy atom. The lowest BCUT2D eigenvalue weighted by Crippen LogP contribution is -2.42. The number of nitrogens with one attached hydrogen (secondary N) is 3. The standard InChI is InChI=1S/C20H38N4O2.HI/c1-21-20(24-14-15-26-18-10-4-2-3-5-11-18)23-13-12-22-19(25)16-17-8-6-7-9-17;/h17-18H,2-16H2,1H3,(H,22,25)(H2,21,23,24);1H. The molecule has 0 spiro atoms. The minimum absolute atomic E-state index is 0. The Hall–Kier alpha value is -0.570. The third kappa shape index (κ3) is 11.1. The fourth-order valence-electron chi connectivity index (χ4n) is 3.96. The molecule has 6 nitrogen and oxygen atoms in total. The van der Waals surface area contributed by atoms with Crippen LogP contribution < -0.4 is 16.0 Å². The van der Waals surface area contributed by atoms with Crippen molar-refractivity contribution in [2.75, 3.05) is 33.3 Å². The molecule has 158 valence electrons. The van der Waals surface area contributed by atoms with E-state index in [0.717, 1.165) is 12.5 Å². The first-order chi connectivity index (χ1) is 12.8. The molecule has 2 rings (SSSR count). The molecule has 0 aromatic rings. The Balaban J connectivity index is 0.00000364. The largest absolute Gasteiger partial charge is 0.376 e. The van der Waals surface area contributed by atoms with Crippen LogP contribution in [0.25, 0.3) is 0 Å². The topological polar surface area (TPSA) is 74.8 Å². The smallest absolute Gasteiger partial charge is 0.220 e. The summed E-state index contributed by atoms with van der Waals surface area (Å²) in [4.78, 5) is 16.1. The molecule has 0 aliphatic heterocycles. The van der Waals surface area contributed by atoms with Gasteiger partial charge in [0.2, 0.25) is 5.91 Å². The SMILES string of the molecule is CN=C(NCCNC(=O)CC1CCCC1)NCCOC1CCCCCC1.I. The molecule has 0 atom stereocenters. The van der Waals surface area contributed by atoms with Crippen molar-refractivity contribution in [3.8, 4) is 0 Å². The molecule has 0 heterocycles. The van der Waals surface area contributed by atoms with E-state index in [-0.39, 0.29) is 29.9 Å². The summed E-state index contributed by atoms with van der Waals surface area (Å²) in [5.74, 6) is 1.55. The zero-order valence-electron chi connectivity index (χ0n) is 16.9. The summed E-state index contributed by atoms with van der Waals surface area (Å²) in [5, 5.41) is 9.50.